The summed E-state index contributed by atoms with van der Waals surface area (Å²) < 4.78 is 294. The molecule has 0 N–H and O–H groups in total. The minimum atomic E-state index is -7.35. The third kappa shape index (κ3) is 10.1. The van der Waals surface area contributed by atoms with E-state index < -0.39 is 107 Å². The molecule has 0 atom stereocenters. The molecule has 4 rings (SSSR count). The molecular formula is C34H24F18I2O6S2. The molecule has 0 aliphatic carbocycles. The van der Waals surface area contributed by atoms with Crippen molar-refractivity contribution in [3.8, 4) is 0 Å². The Bertz CT molecular complexity index is 2220. The van der Waals surface area contributed by atoms with Crippen LogP contribution in [-0.4, -0.2) is 63.4 Å². The molecule has 62 heavy (non-hydrogen) atoms. The van der Waals surface area contributed by atoms with Gasteiger partial charge >= 0.3 is 357 Å². The molecule has 0 aromatic heterocycles. The first kappa shape index (κ1) is 53.2. The van der Waals surface area contributed by atoms with Crippen LogP contribution >= 0.6 is 40.5 Å². The van der Waals surface area contributed by atoms with Crippen LogP contribution in [0.2, 0.25) is 0 Å². The summed E-state index contributed by atoms with van der Waals surface area (Å²) in [5.41, 5.74) is 0.616. The van der Waals surface area contributed by atoms with Crippen molar-refractivity contribution in [3.63, 3.8) is 0 Å². The molecule has 6 nitrogen and oxygen atoms in total. The van der Waals surface area contributed by atoms with Gasteiger partial charge in [0.15, 0.2) is 0 Å². The molecule has 348 valence electrons. The quantitative estimate of drug-likeness (QED) is 0.0923. The van der Waals surface area contributed by atoms with Crippen LogP contribution in [0.3, 0.4) is 0 Å². The number of halogens is 20. The van der Waals surface area contributed by atoms with E-state index in [1.165, 1.54) is 123 Å². The molecule has 0 aliphatic heterocycles. The summed E-state index contributed by atoms with van der Waals surface area (Å²) in [4.78, 5) is 0. The van der Waals surface area contributed by atoms with Gasteiger partial charge in [0.2, 0.25) is 0 Å². The van der Waals surface area contributed by atoms with Gasteiger partial charge in [-0.3, -0.25) is 0 Å². The summed E-state index contributed by atoms with van der Waals surface area (Å²) in [6.45, 7) is 2.84. The molecule has 0 bridgehead atoms. The second-order valence-corrected chi connectivity index (χ2v) is 24.9. The number of benzene rings is 4. The summed E-state index contributed by atoms with van der Waals surface area (Å²) in [5.74, 6) is -29.4. The van der Waals surface area contributed by atoms with Crippen LogP contribution in [0.4, 0.5) is 79.0 Å². The summed E-state index contributed by atoms with van der Waals surface area (Å²) in [7, 11) is -13.9. The van der Waals surface area contributed by atoms with Crippen molar-refractivity contribution in [2.45, 2.75) is 60.4 Å². The molecule has 0 heterocycles. The first-order chi connectivity index (χ1) is 27.9. The molecule has 0 radical (unpaired) electrons. The molecule has 0 saturated heterocycles. The summed E-state index contributed by atoms with van der Waals surface area (Å²) >= 11 is -8.07. The van der Waals surface area contributed by atoms with Crippen molar-refractivity contribution in [1.29, 1.82) is 0 Å². The fourth-order valence-corrected chi connectivity index (χ4v) is 18.9. The van der Waals surface area contributed by atoms with Crippen molar-refractivity contribution in [3.05, 3.63) is 135 Å². The maximum atomic E-state index is 14.1. The third-order valence-corrected chi connectivity index (χ3v) is 23.1. The van der Waals surface area contributed by atoms with Gasteiger partial charge in [-0.05, 0) is 0 Å². The minimum absolute atomic E-state index is 0.00808. The molecule has 4 aromatic carbocycles. The Hall–Kier alpha value is -3.10. The Kier molecular flexibility index (Phi) is 15.8. The van der Waals surface area contributed by atoms with E-state index >= 15 is 0 Å². The van der Waals surface area contributed by atoms with Crippen LogP contribution in [0.1, 0.15) is 11.1 Å². The van der Waals surface area contributed by atoms with E-state index in [4.69, 9.17) is 0 Å². The van der Waals surface area contributed by atoms with Gasteiger partial charge in [-0.25, -0.2) is 0 Å². The number of hydrogen-bond donors (Lipinski definition) is 0. The molecule has 0 amide bonds. The second kappa shape index (κ2) is 18.4. The van der Waals surface area contributed by atoms with Crippen LogP contribution in [0, 0.1) is 28.1 Å². The van der Waals surface area contributed by atoms with Crippen LogP contribution in [-0.2, 0) is 25.3 Å². The Balaban J connectivity index is 0.000000330. The van der Waals surface area contributed by atoms with Gasteiger partial charge in [-0.1, -0.05) is 0 Å². The predicted octanol–water partition coefficient (Wildman–Crippen LogP) is 12.5. The zero-order valence-corrected chi connectivity index (χ0v) is 36.2. The third-order valence-electron chi connectivity index (χ3n) is 7.54. The standard InChI is InChI=1S/2C17H12F9IO3S/c2*1-11-7-5-6-10-13(11)27(12-8-3-2-4-9-12)30-31(28,29)17(25,26)15(20,21)14(18,19)16(22,23)24/h2*2-10H,1H3. The van der Waals surface area contributed by atoms with E-state index in [1.54, 1.807) is 0 Å². The topological polar surface area (TPSA) is 86.7 Å². The van der Waals surface area contributed by atoms with Crippen LogP contribution in [0.25, 0.3) is 0 Å². The Labute approximate surface area is 354 Å². The van der Waals surface area contributed by atoms with E-state index in [9.17, 15) is 95.9 Å². The number of alkyl halides is 18. The maximum absolute atomic E-state index is 14.1. The van der Waals surface area contributed by atoms with E-state index in [2.05, 4.69) is 5.03 Å². The Morgan fingerprint density at radius 2 is 0.613 bits per heavy atom. The second-order valence-electron chi connectivity index (χ2n) is 11.9. The molecule has 28 heteroatoms. The molecule has 0 aliphatic rings. The molecule has 0 unspecified atom stereocenters. The van der Waals surface area contributed by atoms with E-state index in [0.717, 1.165) is 0 Å². The summed E-state index contributed by atoms with van der Waals surface area (Å²) in [5, 5.41) is -13.8. The number of rotatable bonds is 14. The Morgan fingerprint density at radius 3 is 0.855 bits per heavy atom. The SMILES string of the molecule is Cc1ccccc1I(OS(=O)(=O)C(F)(F)C(F)(F)C(F)(F)C(F)(F)F)c1ccccc1.Cc1ccccc1I(OS(=O)(=O)C(F)(F)C(F)(F)C(F)(F)C(F)(F)F)c1ccccc1. The van der Waals surface area contributed by atoms with Gasteiger partial charge in [0.05, 0.1) is 0 Å². The summed E-state index contributed by atoms with van der Waals surface area (Å²) in [6, 6.07) is 24.2. The number of aryl methyl sites for hydroxylation is 2. The van der Waals surface area contributed by atoms with Crippen molar-refractivity contribution < 1.29 is 101 Å². The molecule has 0 fully saturated rings. The normalized spacial score (nSPS) is 14.5. The molecule has 4 aromatic rings. The van der Waals surface area contributed by atoms with E-state index in [-0.39, 0.29) is 14.3 Å². The van der Waals surface area contributed by atoms with Gasteiger partial charge in [-0.2, -0.15) is 0 Å². The fourth-order valence-electron chi connectivity index (χ4n) is 4.20. The van der Waals surface area contributed by atoms with Gasteiger partial charge in [0.1, 0.15) is 0 Å². The van der Waals surface area contributed by atoms with Crippen LogP contribution in [0.5, 0.6) is 0 Å². The first-order valence-electron chi connectivity index (χ1n) is 15.9. The average molecular weight is 1190 g/mol. The Morgan fingerprint density at radius 1 is 0.371 bits per heavy atom. The van der Waals surface area contributed by atoms with Crippen molar-refractivity contribution >= 4 is 60.7 Å². The monoisotopic (exact) mass is 1190 g/mol. The van der Waals surface area contributed by atoms with Crippen LogP contribution in [0.15, 0.2) is 109 Å². The van der Waals surface area contributed by atoms with Crippen molar-refractivity contribution in [2.75, 3.05) is 0 Å². The summed E-state index contributed by atoms with van der Waals surface area (Å²) in [6.07, 6.45) is -14.3. The molecular weight excluding hydrogens is 1160 g/mol. The number of hydrogen-bond acceptors (Lipinski definition) is 6. The zero-order valence-electron chi connectivity index (χ0n) is 30.2. The zero-order chi connectivity index (χ0) is 47.8. The predicted molar refractivity (Wildman–Crippen MR) is 200 cm³/mol. The molecule has 0 saturated carbocycles. The first-order valence-corrected chi connectivity index (χ1v) is 24.7. The van der Waals surface area contributed by atoms with Gasteiger partial charge in [0, 0.05) is 0 Å². The van der Waals surface area contributed by atoms with Gasteiger partial charge in [-0.15, -0.1) is 0 Å². The van der Waals surface area contributed by atoms with E-state index in [1.807, 2.05) is 0 Å². The van der Waals surface area contributed by atoms with Crippen molar-refractivity contribution in [1.82, 2.24) is 0 Å². The van der Waals surface area contributed by atoms with Gasteiger partial charge in [0.25, 0.3) is 0 Å². The van der Waals surface area contributed by atoms with Crippen molar-refractivity contribution in [2.24, 2.45) is 0 Å². The fraction of sp³-hybridized carbons (Fsp3) is 0.294. The van der Waals surface area contributed by atoms with E-state index in [0.29, 0.717) is 11.1 Å². The molecule has 0 spiro atoms. The van der Waals surface area contributed by atoms with Gasteiger partial charge < -0.3 is 0 Å². The van der Waals surface area contributed by atoms with Crippen LogP contribution < -0.4 is 0 Å². The average Bonchev–Trinajstić information content (AvgIpc) is 3.16.